The molecule has 0 unspecified atom stereocenters. The van der Waals surface area contributed by atoms with Gasteiger partial charge in [0.2, 0.25) is 0 Å². The minimum absolute atomic E-state index is 0.375. The third-order valence-corrected chi connectivity index (χ3v) is 3.65. The van der Waals surface area contributed by atoms with E-state index >= 15 is 0 Å². The highest BCUT2D eigenvalue weighted by Crippen LogP contribution is 2.39. The van der Waals surface area contributed by atoms with Gasteiger partial charge in [-0.15, -0.1) is 0 Å². The second kappa shape index (κ2) is 3.78. The maximum absolute atomic E-state index is 5.77. The summed E-state index contributed by atoms with van der Waals surface area (Å²) in [4.78, 5) is 0. The molecule has 0 atom stereocenters. The second-order valence-electron chi connectivity index (χ2n) is 5.15. The zero-order valence-corrected chi connectivity index (χ0v) is 8.77. The molecular weight excluding hydrogens is 146 g/mol. The van der Waals surface area contributed by atoms with Gasteiger partial charge in [0.1, 0.15) is 0 Å². The molecule has 72 valence electrons. The minimum atomic E-state index is 0.375. The summed E-state index contributed by atoms with van der Waals surface area (Å²) in [5, 5.41) is 0. The summed E-state index contributed by atoms with van der Waals surface area (Å²) in [5.74, 6) is 1.83. The van der Waals surface area contributed by atoms with Gasteiger partial charge in [0, 0.05) is 0 Å². The van der Waals surface area contributed by atoms with Crippen LogP contribution in [0.5, 0.6) is 0 Å². The third-order valence-electron chi connectivity index (χ3n) is 3.65. The van der Waals surface area contributed by atoms with Crippen molar-refractivity contribution in [2.24, 2.45) is 23.0 Å². The van der Waals surface area contributed by atoms with Crippen molar-refractivity contribution in [3.8, 4) is 0 Å². The first-order valence-electron chi connectivity index (χ1n) is 5.26. The van der Waals surface area contributed by atoms with Gasteiger partial charge in [0.05, 0.1) is 0 Å². The molecule has 1 nitrogen and oxygen atoms in total. The summed E-state index contributed by atoms with van der Waals surface area (Å²) in [6, 6.07) is 0. The molecule has 1 aliphatic rings. The van der Waals surface area contributed by atoms with Crippen LogP contribution in [-0.4, -0.2) is 6.54 Å². The molecule has 0 aliphatic heterocycles. The molecule has 1 saturated carbocycles. The largest absolute Gasteiger partial charge is 0.330 e. The van der Waals surface area contributed by atoms with Crippen LogP contribution in [0.3, 0.4) is 0 Å². The lowest BCUT2D eigenvalue weighted by molar-refractivity contribution is 0.145. The van der Waals surface area contributed by atoms with E-state index in [1.165, 1.54) is 25.7 Å². The maximum atomic E-state index is 5.77. The average molecular weight is 169 g/mol. The standard InChI is InChI=1S/C11H23N/c1-9-4-6-10(7-5-9)11(2,3)8-12/h9-10H,4-8,12H2,1-3H3. The molecule has 0 bridgehead atoms. The second-order valence-corrected chi connectivity index (χ2v) is 5.15. The molecule has 0 aromatic carbocycles. The van der Waals surface area contributed by atoms with Crippen molar-refractivity contribution in [2.45, 2.75) is 46.5 Å². The first-order valence-corrected chi connectivity index (χ1v) is 5.26. The van der Waals surface area contributed by atoms with Crippen molar-refractivity contribution >= 4 is 0 Å². The molecule has 12 heavy (non-hydrogen) atoms. The highest BCUT2D eigenvalue weighted by Gasteiger charge is 2.30. The van der Waals surface area contributed by atoms with E-state index in [0.717, 1.165) is 18.4 Å². The van der Waals surface area contributed by atoms with Gasteiger partial charge in [-0.2, -0.15) is 0 Å². The Morgan fingerprint density at radius 2 is 1.67 bits per heavy atom. The summed E-state index contributed by atoms with van der Waals surface area (Å²) < 4.78 is 0. The molecule has 0 aromatic rings. The molecule has 0 radical (unpaired) electrons. The smallest absolute Gasteiger partial charge is 0.00232 e. The van der Waals surface area contributed by atoms with E-state index in [2.05, 4.69) is 20.8 Å². The van der Waals surface area contributed by atoms with Gasteiger partial charge in [-0.05, 0) is 36.6 Å². The Labute approximate surface area is 76.7 Å². The summed E-state index contributed by atoms with van der Waals surface area (Å²) in [6.45, 7) is 7.83. The van der Waals surface area contributed by atoms with Gasteiger partial charge >= 0.3 is 0 Å². The van der Waals surface area contributed by atoms with Crippen molar-refractivity contribution in [3.05, 3.63) is 0 Å². The zero-order valence-electron chi connectivity index (χ0n) is 8.77. The summed E-state index contributed by atoms with van der Waals surface area (Å²) in [7, 11) is 0. The maximum Gasteiger partial charge on any atom is -0.00232 e. The van der Waals surface area contributed by atoms with E-state index in [-0.39, 0.29) is 0 Å². The lowest BCUT2D eigenvalue weighted by Gasteiger charge is -2.37. The third kappa shape index (κ3) is 2.22. The van der Waals surface area contributed by atoms with Crippen LogP contribution >= 0.6 is 0 Å². The molecular formula is C11H23N. The highest BCUT2D eigenvalue weighted by atomic mass is 14.6. The first kappa shape index (κ1) is 10.0. The molecule has 0 saturated heterocycles. The van der Waals surface area contributed by atoms with Crippen LogP contribution < -0.4 is 5.73 Å². The van der Waals surface area contributed by atoms with Crippen molar-refractivity contribution in [1.82, 2.24) is 0 Å². The van der Waals surface area contributed by atoms with E-state index in [1.807, 2.05) is 0 Å². The molecule has 1 rings (SSSR count). The lowest BCUT2D eigenvalue weighted by atomic mass is 9.69. The first-order chi connectivity index (χ1) is 5.56. The molecule has 1 fully saturated rings. The van der Waals surface area contributed by atoms with E-state index in [4.69, 9.17) is 5.73 Å². The molecule has 0 aromatic heterocycles. The molecule has 0 amide bonds. The van der Waals surface area contributed by atoms with Gasteiger partial charge in [-0.1, -0.05) is 33.6 Å². The molecule has 0 heterocycles. The van der Waals surface area contributed by atoms with Crippen LogP contribution in [0.4, 0.5) is 0 Å². The van der Waals surface area contributed by atoms with E-state index in [1.54, 1.807) is 0 Å². The summed E-state index contributed by atoms with van der Waals surface area (Å²) in [5.41, 5.74) is 6.15. The van der Waals surface area contributed by atoms with Crippen LogP contribution in [0.25, 0.3) is 0 Å². The number of hydrogen-bond acceptors (Lipinski definition) is 1. The average Bonchev–Trinajstić information content (AvgIpc) is 2.05. The van der Waals surface area contributed by atoms with Crippen LogP contribution in [0.15, 0.2) is 0 Å². The Hall–Kier alpha value is -0.0400. The number of nitrogens with two attached hydrogens (primary N) is 1. The molecule has 1 aliphatic carbocycles. The molecule has 2 N–H and O–H groups in total. The highest BCUT2D eigenvalue weighted by molar-refractivity contribution is 4.82. The normalized spacial score (nSPS) is 32.0. The Morgan fingerprint density at radius 3 is 2.08 bits per heavy atom. The summed E-state index contributed by atoms with van der Waals surface area (Å²) >= 11 is 0. The van der Waals surface area contributed by atoms with Crippen LogP contribution in [0, 0.1) is 17.3 Å². The predicted octanol–water partition coefficient (Wildman–Crippen LogP) is 2.80. The fraction of sp³-hybridized carbons (Fsp3) is 1.00. The molecule has 0 spiro atoms. The van der Waals surface area contributed by atoms with Crippen LogP contribution in [-0.2, 0) is 0 Å². The van der Waals surface area contributed by atoms with Gasteiger partial charge in [0.15, 0.2) is 0 Å². The van der Waals surface area contributed by atoms with Gasteiger partial charge < -0.3 is 5.73 Å². The summed E-state index contributed by atoms with van der Waals surface area (Å²) in [6.07, 6.45) is 5.61. The van der Waals surface area contributed by atoms with E-state index < -0.39 is 0 Å². The molecule has 1 heteroatoms. The number of hydrogen-bond donors (Lipinski definition) is 1. The van der Waals surface area contributed by atoms with Crippen molar-refractivity contribution in [2.75, 3.05) is 6.54 Å². The van der Waals surface area contributed by atoms with Crippen LogP contribution in [0.2, 0.25) is 0 Å². The monoisotopic (exact) mass is 169 g/mol. The Bertz CT molecular complexity index is 132. The van der Waals surface area contributed by atoms with E-state index in [9.17, 15) is 0 Å². The Kier molecular flexibility index (Phi) is 3.16. The zero-order chi connectivity index (χ0) is 9.19. The topological polar surface area (TPSA) is 26.0 Å². The SMILES string of the molecule is CC1CCC(C(C)(C)CN)CC1. The van der Waals surface area contributed by atoms with Crippen molar-refractivity contribution < 1.29 is 0 Å². The van der Waals surface area contributed by atoms with Gasteiger partial charge in [-0.25, -0.2) is 0 Å². The quantitative estimate of drug-likeness (QED) is 0.676. The van der Waals surface area contributed by atoms with Gasteiger partial charge in [0.25, 0.3) is 0 Å². The van der Waals surface area contributed by atoms with Crippen LogP contribution in [0.1, 0.15) is 46.5 Å². The number of rotatable bonds is 2. The fourth-order valence-corrected chi connectivity index (χ4v) is 2.21. The van der Waals surface area contributed by atoms with Crippen molar-refractivity contribution in [3.63, 3.8) is 0 Å². The Morgan fingerprint density at radius 1 is 1.17 bits per heavy atom. The Balaban J connectivity index is 2.44. The van der Waals surface area contributed by atoms with Crippen molar-refractivity contribution in [1.29, 1.82) is 0 Å². The fourth-order valence-electron chi connectivity index (χ4n) is 2.21. The van der Waals surface area contributed by atoms with Gasteiger partial charge in [-0.3, -0.25) is 0 Å². The lowest BCUT2D eigenvalue weighted by Crippen LogP contribution is -2.34. The van der Waals surface area contributed by atoms with E-state index in [0.29, 0.717) is 5.41 Å². The minimum Gasteiger partial charge on any atom is -0.330 e. The predicted molar refractivity (Wildman–Crippen MR) is 54.0 cm³/mol.